The van der Waals surface area contributed by atoms with Crippen molar-refractivity contribution in [2.45, 2.75) is 52.2 Å². The summed E-state index contributed by atoms with van der Waals surface area (Å²) in [5.74, 6) is 0. The molecule has 2 nitrogen and oxygen atoms in total. The minimum Gasteiger partial charge on any atom is -0.327 e. The molecular weight excluding hydrogens is 216 g/mol. The summed E-state index contributed by atoms with van der Waals surface area (Å²) in [5, 5.41) is 2.14. The van der Waals surface area contributed by atoms with E-state index < -0.39 is 0 Å². The molecule has 1 heterocycles. The van der Waals surface area contributed by atoms with E-state index in [1.165, 1.54) is 11.3 Å². The highest BCUT2D eigenvalue weighted by Crippen LogP contribution is 2.14. The Morgan fingerprint density at radius 3 is 2.69 bits per heavy atom. The van der Waals surface area contributed by atoms with E-state index in [1.807, 2.05) is 11.3 Å². The molecule has 0 aromatic carbocycles. The van der Waals surface area contributed by atoms with Gasteiger partial charge >= 0.3 is 0 Å². The molecule has 0 saturated heterocycles. The van der Waals surface area contributed by atoms with Crippen molar-refractivity contribution in [3.05, 3.63) is 22.4 Å². The Morgan fingerprint density at radius 1 is 1.44 bits per heavy atom. The van der Waals surface area contributed by atoms with Crippen LogP contribution in [0.5, 0.6) is 0 Å². The molecule has 0 aliphatic rings. The largest absolute Gasteiger partial charge is 0.327 e. The van der Waals surface area contributed by atoms with E-state index in [1.54, 1.807) is 0 Å². The van der Waals surface area contributed by atoms with Crippen LogP contribution in [0.3, 0.4) is 0 Å². The van der Waals surface area contributed by atoms with Gasteiger partial charge in [-0.1, -0.05) is 19.4 Å². The number of hydrogen-bond donors (Lipinski definition) is 1. The van der Waals surface area contributed by atoms with Gasteiger partial charge in [0.1, 0.15) is 0 Å². The monoisotopic (exact) mass is 240 g/mol. The zero-order valence-corrected chi connectivity index (χ0v) is 11.5. The van der Waals surface area contributed by atoms with Crippen LogP contribution in [-0.4, -0.2) is 23.5 Å². The number of hydrogen-bond acceptors (Lipinski definition) is 3. The van der Waals surface area contributed by atoms with Crippen molar-refractivity contribution in [1.29, 1.82) is 0 Å². The zero-order valence-electron chi connectivity index (χ0n) is 10.6. The molecular formula is C13H24N2S. The first kappa shape index (κ1) is 13.7. The predicted octanol–water partition coefficient (Wildman–Crippen LogP) is 3.09. The summed E-state index contributed by atoms with van der Waals surface area (Å²) in [4.78, 5) is 3.89. The Hall–Kier alpha value is -0.380. The van der Waals surface area contributed by atoms with Crippen LogP contribution in [0.25, 0.3) is 0 Å². The number of thiophene rings is 1. The maximum atomic E-state index is 6.11. The molecule has 1 aromatic rings. The van der Waals surface area contributed by atoms with Gasteiger partial charge in [0.25, 0.3) is 0 Å². The van der Waals surface area contributed by atoms with Gasteiger partial charge in [0.15, 0.2) is 0 Å². The van der Waals surface area contributed by atoms with E-state index >= 15 is 0 Å². The zero-order chi connectivity index (χ0) is 12.0. The lowest BCUT2D eigenvalue weighted by Gasteiger charge is -2.28. The van der Waals surface area contributed by atoms with Gasteiger partial charge in [-0.2, -0.15) is 0 Å². The number of nitrogens with zero attached hydrogens (tertiary/aromatic N) is 1. The predicted molar refractivity (Wildman–Crippen MR) is 72.7 cm³/mol. The summed E-state index contributed by atoms with van der Waals surface area (Å²) in [6.45, 7) is 8.72. The lowest BCUT2D eigenvalue weighted by Crippen LogP contribution is -2.40. The summed E-state index contributed by atoms with van der Waals surface area (Å²) in [5.41, 5.74) is 6.11. The molecule has 0 radical (unpaired) electrons. The molecule has 0 aliphatic carbocycles. The van der Waals surface area contributed by atoms with E-state index in [2.05, 4.69) is 43.2 Å². The van der Waals surface area contributed by atoms with Crippen molar-refractivity contribution in [1.82, 2.24) is 4.90 Å². The molecule has 0 bridgehead atoms. The molecule has 1 atom stereocenters. The normalized spacial score (nSPS) is 13.6. The van der Waals surface area contributed by atoms with Crippen molar-refractivity contribution in [2.24, 2.45) is 5.73 Å². The SMILES string of the molecule is CCCC(N)CN(Cc1cccs1)C(C)C. The first-order chi connectivity index (χ1) is 7.63. The van der Waals surface area contributed by atoms with Crippen molar-refractivity contribution in [2.75, 3.05) is 6.54 Å². The minimum atomic E-state index is 0.312. The molecule has 1 unspecified atom stereocenters. The molecule has 92 valence electrons. The van der Waals surface area contributed by atoms with Crippen molar-refractivity contribution < 1.29 is 0 Å². The van der Waals surface area contributed by atoms with Gasteiger partial charge in [-0.15, -0.1) is 11.3 Å². The smallest absolute Gasteiger partial charge is 0.0331 e. The Kier molecular flexibility index (Phi) is 6.03. The molecule has 2 N–H and O–H groups in total. The van der Waals surface area contributed by atoms with E-state index in [4.69, 9.17) is 5.73 Å². The third kappa shape index (κ3) is 4.64. The molecule has 0 amide bonds. The highest BCUT2D eigenvalue weighted by Gasteiger charge is 2.14. The third-order valence-corrected chi connectivity index (χ3v) is 3.66. The Bertz CT molecular complexity index is 269. The van der Waals surface area contributed by atoms with E-state index in [9.17, 15) is 0 Å². The van der Waals surface area contributed by atoms with E-state index in [-0.39, 0.29) is 0 Å². The first-order valence-corrected chi connectivity index (χ1v) is 7.03. The average Bonchev–Trinajstić information content (AvgIpc) is 2.69. The molecule has 3 heteroatoms. The molecule has 1 aromatic heterocycles. The van der Waals surface area contributed by atoms with Crippen LogP contribution in [0, 0.1) is 0 Å². The van der Waals surface area contributed by atoms with Gasteiger partial charge in [-0.25, -0.2) is 0 Å². The fraction of sp³-hybridized carbons (Fsp3) is 0.692. The Morgan fingerprint density at radius 2 is 2.19 bits per heavy atom. The minimum absolute atomic E-state index is 0.312. The number of nitrogens with two attached hydrogens (primary N) is 1. The average molecular weight is 240 g/mol. The van der Waals surface area contributed by atoms with Crippen molar-refractivity contribution in [3.63, 3.8) is 0 Å². The van der Waals surface area contributed by atoms with Crippen molar-refractivity contribution >= 4 is 11.3 Å². The van der Waals surface area contributed by atoms with Crippen LogP contribution in [-0.2, 0) is 6.54 Å². The topological polar surface area (TPSA) is 29.3 Å². The summed E-state index contributed by atoms with van der Waals surface area (Å²) in [7, 11) is 0. The van der Waals surface area contributed by atoms with Gasteiger partial charge in [0.05, 0.1) is 0 Å². The van der Waals surface area contributed by atoms with E-state index in [0.29, 0.717) is 12.1 Å². The molecule has 1 rings (SSSR count). The summed E-state index contributed by atoms with van der Waals surface area (Å²) < 4.78 is 0. The number of rotatable bonds is 7. The second kappa shape index (κ2) is 7.05. The first-order valence-electron chi connectivity index (χ1n) is 6.15. The summed E-state index contributed by atoms with van der Waals surface area (Å²) in [6, 6.07) is 5.19. The highest BCUT2D eigenvalue weighted by molar-refractivity contribution is 7.09. The van der Waals surface area contributed by atoms with Crippen LogP contribution < -0.4 is 5.73 Å². The molecule has 0 fully saturated rings. The van der Waals surface area contributed by atoms with Crippen LogP contribution in [0.1, 0.15) is 38.5 Å². The standard InChI is InChI=1S/C13H24N2S/c1-4-6-12(14)9-15(11(2)3)10-13-7-5-8-16-13/h5,7-8,11-12H,4,6,9-10,14H2,1-3H3. The van der Waals surface area contributed by atoms with Crippen molar-refractivity contribution in [3.8, 4) is 0 Å². The van der Waals surface area contributed by atoms with Gasteiger partial charge in [-0.3, -0.25) is 4.90 Å². The fourth-order valence-corrected chi connectivity index (χ4v) is 2.55. The Balaban J connectivity index is 2.48. The quantitative estimate of drug-likeness (QED) is 0.793. The highest BCUT2D eigenvalue weighted by atomic mass is 32.1. The van der Waals surface area contributed by atoms with Crippen LogP contribution >= 0.6 is 11.3 Å². The lowest BCUT2D eigenvalue weighted by atomic mass is 10.1. The second-order valence-corrected chi connectivity index (χ2v) is 5.68. The molecule has 0 aliphatic heterocycles. The third-order valence-electron chi connectivity index (χ3n) is 2.80. The van der Waals surface area contributed by atoms with Crippen LogP contribution in [0.4, 0.5) is 0 Å². The lowest BCUT2D eigenvalue weighted by molar-refractivity contribution is 0.198. The second-order valence-electron chi connectivity index (χ2n) is 4.65. The summed E-state index contributed by atoms with van der Waals surface area (Å²) in [6.07, 6.45) is 2.29. The maximum absolute atomic E-state index is 6.11. The maximum Gasteiger partial charge on any atom is 0.0331 e. The van der Waals surface area contributed by atoms with Gasteiger partial charge in [0, 0.05) is 30.1 Å². The van der Waals surface area contributed by atoms with Gasteiger partial charge in [-0.05, 0) is 31.7 Å². The van der Waals surface area contributed by atoms with Gasteiger partial charge in [0.2, 0.25) is 0 Å². The van der Waals surface area contributed by atoms with Crippen LogP contribution in [0.2, 0.25) is 0 Å². The fourth-order valence-electron chi connectivity index (χ4n) is 1.82. The van der Waals surface area contributed by atoms with E-state index in [0.717, 1.165) is 19.5 Å². The molecule has 0 saturated carbocycles. The van der Waals surface area contributed by atoms with Gasteiger partial charge < -0.3 is 5.73 Å². The Labute approximate surface area is 103 Å². The van der Waals surface area contributed by atoms with Crippen LogP contribution in [0.15, 0.2) is 17.5 Å². The summed E-state index contributed by atoms with van der Waals surface area (Å²) >= 11 is 1.83. The molecule has 16 heavy (non-hydrogen) atoms. The molecule has 0 spiro atoms.